The lowest BCUT2D eigenvalue weighted by Crippen LogP contribution is -2.34. The van der Waals surface area contributed by atoms with Gasteiger partial charge in [-0.15, -0.1) is 0 Å². The Morgan fingerprint density at radius 2 is 1.54 bits per heavy atom. The van der Waals surface area contributed by atoms with Crippen LogP contribution in [0.4, 0.5) is 0 Å². The Morgan fingerprint density at radius 1 is 0.917 bits per heavy atom. The summed E-state index contributed by atoms with van der Waals surface area (Å²) in [6.45, 7) is 3.60. The zero-order valence-corrected chi connectivity index (χ0v) is 13.6. The number of hydrogen-bond acceptors (Lipinski definition) is 4. The fraction of sp³-hybridized carbons (Fsp3) is 0.211. The van der Waals surface area contributed by atoms with Crippen LogP contribution in [0.5, 0.6) is 0 Å². The number of imide groups is 1. The average Bonchev–Trinajstić information content (AvgIpc) is 2.60. The van der Waals surface area contributed by atoms with Gasteiger partial charge in [0.05, 0.1) is 5.56 Å². The highest BCUT2D eigenvalue weighted by molar-refractivity contribution is 6.05. The van der Waals surface area contributed by atoms with E-state index < -0.39 is 24.4 Å². The fourth-order valence-corrected chi connectivity index (χ4v) is 2.04. The maximum Gasteiger partial charge on any atom is 0.338 e. The second-order valence-corrected chi connectivity index (χ2v) is 5.60. The molecule has 0 aromatic heterocycles. The smallest absolute Gasteiger partial charge is 0.338 e. The van der Waals surface area contributed by atoms with Crippen molar-refractivity contribution in [1.29, 1.82) is 0 Å². The Hall–Kier alpha value is -2.95. The van der Waals surface area contributed by atoms with Gasteiger partial charge in [0.25, 0.3) is 11.8 Å². The van der Waals surface area contributed by atoms with Crippen LogP contribution in [0.3, 0.4) is 0 Å². The highest BCUT2D eigenvalue weighted by Crippen LogP contribution is 2.15. The predicted molar refractivity (Wildman–Crippen MR) is 89.7 cm³/mol. The molecule has 2 rings (SSSR count). The van der Waals surface area contributed by atoms with Gasteiger partial charge in [0, 0.05) is 5.56 Å². The molecular formula is C19H19NO4. The van der Waals surface area contributed by atoms with Gasteiger partial charge in [-0.2, -0.15) is 0 Å². The first-order valence-corrected chi connectivity index (χ1v) is 7.63. The lowest BCUT2D eigenvalue weighted by atomic mass is 10.0. The SMILES string of the molecule is CC(C)c1ccc(C(=O)OCC(=O)NC(=O)c2ccccc2)cc1. The van der Waals surface area contributed by atoms with Gasteiger partial charge in [-0.25, -0.2) is 4.79 Å². The van der Waals surface area contributed by atoms with E-state index in [-0.39, 0.29) is 0 Å². The molecule has 0 saturated carbocycles. The van der Waals surface area contributed by atoms with Crippen LogP contribution >= 0.6 is 0 Å². The minimum Gasteiger partial charge on any atom is -0.452 e. The normalized spacial score (nSPS) is 10.3. The third-order valence-corrected chi connectivity index (χ3v) is 3.44. The van der Waals surface area contributed by atoms with Gasteiger partial charge in [-0.3, -0.25) is 14.9 Å². The first-order valence-electron chi connectivity index (χ1n) is 7.63. The summed E-state index contributed by atoms with van der Waals surface area (Å²) < 4.78 is 4.92. The average molecular weight is 325 g/mol. The summed E-state index contributed by atoms with van der Waals surface area (Å²) >= 11 is 0. The zero-order valence-electron chi connectivity index (χ0n) is 13.6. The van der Waals surface area contributed by atoms with Gasteiger partial charge in [-0.1, -0.05) is 44.2 Å². The Morgan fingerprint density at radius 3 is 2.12 bits per heavy atom. The van der Waals surface area contributed by atoms with E-state index in [2.05, 4.69) is 19.2 Å². The summed E-state index contributed by atoms with van der Waals surface area (Å²) in [4.78, 5) is 35.4. The highest BCUT2D eigenvalue weighted by atomic mass is 16.5. The standard InChI is InChI=1S/C19H19NO4/c1-13(2)14-8-10-16(11-9-14)19(23)24-12-17(21)20-18(22)15-6-4-3-5-7-15/h3-11,13H,12H2,1-2H3,(H,20,21,22). The van der Waals surface area contributed by atoms with Crippen molar-refractivity contribution in [1.82, 2.24) is 5.32 Å². The molecule has 0 aliphatic heterocycles. The van der Waals surface area contributed by atoms with Crippen LogP contribution in [-0.2, 0) is 9.53 Å². The van der Waals surface area contributed by atoms with E-state index >= 15 is 0 Å². The molecule has 0 saturated heterocycles. The van der Waals surface area contributed by atoms with E-state index in [4.69, 9.17) is 4.74 Å². The van der Waals surface area contributed by atoms with Crippen molar-refractivity contribution in [2.45, 2.75) is 19.8 Å². The molecule has 0 bridgehead atoms. The van der Waals surface area contributed by atoms with E-state index in [0.29, 0.717) is 17.0 Å². The number of amides is 2. The number of rotatable bonds is 5. The van der Waals surface area contributed by atoms with Crippen molar-refractivity contribution in [3.8, 4) is 0 Å². The number of ether oxygens (including phenoxy) is 1. The monoisotopic (exact) mass is 325 g/mol. The van der Waals surface area contributed by atoms with Gasteiger partial charge in [-0.05, 0) is 35.7 Å². The first-order chi connectivity index (χ1) is 11.5. The number of carbonyl (C=O) groups is 3. The molecule has 5 nitrogen and oxygen atoms in total. The molecule has 0 aliphatic carbocycles. The van der Waals surface area contributed by atoms with Crippen LogP contribution in [0.1, 0.15) is 46.0 Å². The third kappa shape index (κ3) is 4.78. The Balaban J connectivity index is 1.85. The van der Waals surface area contributed by atoms with Crippen LogP contribution < -0.4 is 5.32 Å². The summed E-state index contributed by atoms with van der Waals surface area (Å²) in [6.07, 6.45) is 0. The van der Waals surface area contributed by atoms with Crippen molar-refractivity contribution >= 4 is 17.8 Å². The molecule has 2 aromatic carbocycles. The molecule has 2 aromatic rings. The molecule has 0 spiro atoms. The van der Waals surface area contributed by atoms with Gasteiger partial charge >= 0.3 is 5.97 Å². The van der Waals surface area contributed by atoms with Crippen molar-refractivity contribution in [3.63, 3.8) is 0 Å². The zero-order chi connectivity index (χ0) is 17.5. The number of benzene rings is 2. The molecule has 5 heteroatoms. The van der Waals surface area contributed by atoms with Crippen LogP contribution in [0.2, 0.25) is 0 Å². The van der Waals surface area contributed by atoms with Crippen LogP contribution in [0.25, 0.3) is 0 Å². The number of hydrogen-bond donors (Lipinski definition) is 1. The lowest BCUT2D eigenvalue weighted by molar-refractivity contribution is -0.123. The lowest BCUT2D eigenvalue weighted by Gasteiger charge is -2.08. The number of carbonyl (C=O) groups excluding carboxylic acids is 3. The maximum absolute atomic E-state index is 11.9. The second-order valence-electron chi connectivity index (χ2n) is 5.60. The molecule has 0 atom stereocenters. The summed E-state index contributed by atoms with van der Waals surface area (Å²) in [6, 6.07) is 15.3. The van der Waals surface area contributed by atoms with Crippen LogP contribution in [0, 0.1) is 0 Å². The molecule has 0 unspecified atom stereocenters. The molecule has 0 radical (unpaired) electrons. The van der Waals surface area contributed by atoms with Crippen molar-refractivity contribution < 1.29 is 19.1 Å². The summed E-state index contributed by atoms with van der Waals surface area (Å²) in [5.41, 5.74) is 1.83. The van der Waals surface area contributed by atoms with E-state index in [0.717, 1.165) is 5.56 Å². The van der Waals surface area contributed by atoms with Crippen molar-refractivity contribution in [2.24, 2.45) is 0 Å². The molecule has 0 fully saturated rings. The minimum atomic E-state index is -0.670. The number of esters is 1. The van der Waals surface area contributed by atoms with E-state index in [1.165, 1.54) is 0 Å². The molecule has 24 heavy (non-hydrogen) atoms. The van der Waals surface area contributed by atoms with Crippen molar-refractivity contribution in [3.05, 3.63) is 71.3 Å². The maximum atomic E-state index is 11.9. The third-order valence-electron chi connectivity index (χ3n) is 3.44. The van der Waals surface area contributed by atoms with Crippen LogP contribution in [0.15, 0.2) is 54.6 Å². The van der Waals surface area contributed by atoms with Gasteiger partial charge < -0.3 is 4.74 Å². The highest BCUT2D eigenvalue weighted by Gasteiger charge is 2.13. The van der Waals surface area contributed by atoms with Gasteiger partial charge in [0.1, 0.15) is 0 Å². The molecular weight excluding hydrogens is 306 g/mol. The first kappa shape index (κ1) is 17.4. The molecule has 1 N–H and O–H groups in total. The summed E-state index contributed by atoms with van der Waals surface area (Å²) in [5, 5.41) is 2.17. The Labute approximate surface area is 140 Å². The summed E-state index contributed by atoms with van der Waals surface area (Å²) in [5.74, 6) is -1.44. The quantitative estimate of drug-likeness (QED) is 0.858. The predicted octanol–water partition coefficient (Wildman–Crippen LogP) is 2.92. The topological polar surface area (TPSA) is 72.5 Å². The Kier molecular flexibility index (Phi) is 5.84. The molecule has 0 heterocycles. The Bertz CT molecular complexity index is 721. The van der Waals surface area contributed by atoms with Gasteiger partial charge in [0.2, 0.25) is 0 Å². The van der Waals surface area contributed by atoms with E-state index in [1.807, 2.05) is 12.1 Å². The number of nitrogens with one attached hydrogen (secondary N) is 1. The second kappa shape index (κ2) is 8.06. The summed E-state index contributed by atoms with van der Waals surface area (Å²) in [7, 11) is 0. The van der Waals surface area contributed by atoms with E-state index in [9.17, 15) is 14.4 Å². The van der Waals surface area contributed by atoms with Crippen LogP contribution in [-0.4, -0.2) is 24.4 Å². The molecule has 0 aliphatic rings. The minimum absolute atomic E-state index is 0.362. The molecule has 124 valence electrons. The largest absolute Gasteiger partial charge is 0.452 e. The van der Waals surface area contributed by atoms with Gasteiger partial charge in [0.15, 0.2) is 6.61 Å². The van der Waals surface area contributed by atoms with Crippen molar-refractivity contribution in [2.75, 3.05) is 6.61 Å². The fourth-order valence-electron chi connectivity index (χ4n) is 2.04. The van der Waals surface area contributed by atoms with E-state index in [1.54, 1.807) is 42.5 Å². The molecule has 2 amide bonds.